The summed E-state index contributed by atoms with van der Waals surface area (Å²) in [6.07, 6.45) is 0. The Bertz CT molecular complexity index is 1060. The minimum absolute atomic E-state index is 0.0783. The highest BCUT2D eigenvalue weighted by molar-refractivity contribution is 7.99. The maximum atomic E-state index is 12.5. The van der Waals surface area contributed by atoms with E-state index in [1.165, 1.54) is 17.3 Å². The van der Waals surface area contributed by atoms with Crippen LogP contribution in [0.25, 0.3) is 11.4 Å². The van der Waals surface area contributed by atoms with E-state index >= 15 is 0 Å². The second kappa shape index (κ2) is 8.79. The smallest absolute Gasteiger partial charge is 0.234 e. The van der Waals surface area contributed by atoms with Crippen LogP contribution in [0.1, 0.15) is 32.3 Å². The van der Waals surface area contributed by atoms with Crippen molar-refractivity contribution in [3.8, 4) is 22.9 Å². The third-order valence-corrected chi connectivity index (χ3v) is 5.81. The van der Waals surface area contributed by atoms with Crippen molar-refractivity contribution in [3.05, 3.63) is 48.0 Å². The maximum Gasteiger partial charge on any atom is 0.234 e. The highest BCUT2D eigenvalue weighted by atomic mass is 32.2. The lowest BCUT2D eigenvalue weighted by atomic mass is 10.0. The van der Waals surface area contributed by atoms with E-state index in [9.17, 15) is 4.79 Å². The lowest BCUT2D eigenvalue weighted by molar-refractivity contribution is -0.113. The molecule has 2 aromatic carbocycles. The molecule has 2 heterocycles. The monoisotopic (exact) mass is 424 g/mol. The molecule has 3 aromatic rings. The largest absolute Gasteiger partial charge is 0.454 e. The zero-order chi connectivity index (χ0) is 21.1. The van der Waals surface area contributed by atoms with Crippen molar-refractivity contribution in [2.45, 2.75) is 38.4 Å². The molecule has 0 aliphatic carbocycles. The highest BCUT2D eigenvalue weighted by Crippen LogP contribution is 2.41. The molecule has 0 fully saturated rings. The number of benzene rings is 2. The number of nitrogens with zero attached hydrogens (tertiary/aromatic N) is 3. The summed E-state index contributed by atoms with van der Waals surface area (Å²) >= 11 is 1.36. The van der Waals surface area contributed by atoms with Gasteiger partial charge in [0.15, 0.2) is 22.5 Å². The molecule has 1 aromatic heterocycles. The van der Waals surface area contributed by atoms with Crippen molar-refractivity contribution in [1.82, 2.24) is 14.8 Å². The van der Waals surface area contributed by atoms with E-state index in [0.717, 1.165) is 11.3 Å². The summed E-state index contributed by atoms with van der Waals surface area (Å²) < 4.78 is 13.1. The Morgan fingerprint density at radius 2 is 2.03 bits per heavy atom. The van der Waals surface area contributed by atoms with Crippen molar-refractivity contribution in [3.63, 3.8) is 0 Å². The first kappa shape index (κ1) is 20.3. The summed E-state index contributed by atoms with van der Waals surface area (Å²) in [6.45, 7) is 7.16. The number of fused-ring (bicyclic) bond motifs is 1. The Labute approximate surface area is 179 Å². The van der Waals surface area contributed by atoms with E-state index in [1.807, 2.05) is 47.9 Å². The zero-order valence-corrected chi connectivity index (χ0v) is 18.0. The van der Waals surface area contributed by atoms with Crippen LogP contribution >= 0.6 is 11.8 Å². The first-order valence-corrected chi connectivity index (χ1v) is 10.9. The van der Waals surface area contributed by atoms with E-state index in [4.69, 9.17) is 9.47 Å². The average Bonchev–Trinajstić information content (AvgIpc) is 3.38. The molecule has 1 N–H and O–H groups in total. The van der Waals surface area contributed by atoms with Gasteiger partial charge in [-0.05, 0) is 42.7 Å². The number of aromatic nitrogens is 3. The lowest BCUT2D eigenvalue weighted by Gasteiger charge is -2.10. The van der Waals surface area contributed by atoms with Gasteiger partial charge in [-0.25, -0.2) is 0 Å². The number of anilines is 1. The molecule has 0 spiro atoms. The van der Waals surface area contributed by atoms with Crippen molar-refractivity contribution in [2.75, 3.05) is 17.9 Å². The van der Waals surface area contributed by atoms with Gasteiger partial charge in [0.05, 0.1) is 11.3 Å². The van der Waals surface area contributed by atoms with E-state index in [0.29, 0.717) is 34.9 Å². The first-order chi connectivity index (χ1) is 14.6. The van der Waals surface area contributed by atoms with Crippen molar-refractivity contribution < 1.29 is 14.3 Å². The average molecular weight is 425 g/mol. The molecule has 0 unspecified atom stereocenters. The topological polar surface area (TPSA) is 78.3 Å². The van der Waals surface area contributed by atoms with Crippen molar-refractivity contribution in [2.24, 2.45) is 0 Å². The van der Waals surface area contributed by atoms with Crippen LogP contribution in [0, 0.1) is 0 Å². The van der Waals surface area contributed by atoms with Gasteiger partial charge in [-0.3, -0.25) is 4.79 Å². The Hall–Kier alpha value is -3.00. The summed E-state index contributed by atoms with van der Waals surface area (Å²) in [6, 6.07) is 13.6. The summed E-state index contributed by atoms with van der Waals surface area (Å²) in [7, 11) is 0. The fraction of sp³-hybridized carbons (Fsp3) is 0.318. The summed E-state index contributed by atoms with van der Waals surface area (Å²) in [5, 5.41) is 12.3. The molecular weight excluding hydrogens is 400 g/mol. The predicted octanol–water partition coefficient (Wildman–Crippen LogP) is 4.55. The molecule has 1 aliphatic rings. The standard InChI is InChI=1S/C22H24N4O3S/c1-4-26-21(17-9-6-10-18-20(17)29-13-28-18)24-25-22(26)30-12-19(27)23-16-8-5-7-15(11-16)14(2)3/h5-11,14H,4,12-13H2,1-3H3,(H,23,27). The molecule has 0 atom stereocenters. The second-order valence-electron chi connectivity index (χ2n) is 7.21. The number of rotatable bonds is 7. The SMILES string of the molecule is CCn1c(SCC(=O)Nc2cccc(C(C)C)c2)nnc1-c1cccc2c1OCO2. The van der Waals surface area contributed by atoms with Crippen LogP contribution in [-0.4, -0.2) is 33.2 Å². The first-order valence-electron chi connectivity index (χ1n) is 9.91. The Kier molecular flexibility index (Phi) is 5.94. The molecule has 4 rings (SSSR count). The maximum absolute atomic E-state index is 12.5. The fourth-order valence-electron chi connectivity index (χ4n) is 3.29. The number of para-hydroxylation sites is 1. The summed E-state index contributed by atoms with van der Waals surface area (Å²) in [5.41, 5.74) is 2.83. The summed E-state index contributed by atoms with van der Waals surface area (Å²) in [5.74, 6) is 2.66. The van der Waals surface area contributed by atoms with Gasteiger partial charge in [0, 0.05) is 12.2 Å². The normalized spacial score (nSPS) is 12.4. The molecule has 1 aliphatic heterocycles. The molecule has 8 heteroatoms. The van der Waals surface area contributed by atoms with Gasteiger partial charge in [0.25, 0.3) is 0 Å². The van der Waals surface area contributed by atoms with Crippen LogP contribution in [-0.2, 0) is 11.3 Å². The van der Waals surface area contributed by atoms with Crippen LogP contribution in [0.2, 0.25) is 0 Å². The molecule has 7 nitrogen and oxygen atoms in total. The van der Waals surface area contributed by atoms with E-state index < -0.39 is 0 Å². The minimum Gasteiger partial charge on any atom is -0.454 e. The van der Waals surface area contributed by atoms with E-state index in [2.05, 4.69) is 35.4 Å². The number of hydrogen-bond donors (Lipinski definition) is 1. The Balaban J connectivity index is 1.47. The van der Waals surface area contributed by atoms with E-state index in [-0.39, 0.29) is 18.5 Å². The van der Waals surface area contributed by atoms with Crippen LogP contribution in [0.15, 0.2) is 47.6 Å². The van der Waals surface area contributed by atoms with Crippen LogP contribution in [0.4, 0.5) is 5.69 Å². The van der Waals surface area contributed by atoms with Crippen LogP contribution in [0.5, 0.6) is 11.5 Å². The number of carbonyl (C=O) groups is 1. The van der Waals surface area contributed by atoms with E-state index in [1.54, 1.807) is 0 Å². The molecule has 0 saturated carbocycles. The summed E-state index contributed by atoms with van der Waals surface area (Å²) in [4.78, 5) is 12.5. The second-order valence-corrected chi connectivity index (χ2v) is 8.15. The van der Waals surface area contributed by atoms with Crippen molar-refractivity contribution in [1.29, 1.82) is 0 Å². The minimum atomic E-state index is -0.0783. The Morgan fingerprint density at radius 1 is 1.20 bits per heavy atom. The third kappa shape index (κ3) is 4.14. The number of carbonyl (C=O) groups excluding carboxylic acids is 1. The number of hydrogen-bond acceptors (Lipinski definition) is 6. The lowest BCUT2D eigenvalue weighted by Crippen LogP contribution is -2.15. The van der Waals surface area contributed by atoms with Gasteiger partial charge in [-0.2, -0.15) is 0 Å². The molecule has 30 heavy (non-hydrogen) atoms. The fourth-order valence-corrected chi connectivity index (χ4v) is 4.09. The molecule has 1 amide bonds. The van der Waals surface area contributed by atoms with Crippen molar-refractivity contribution >= 4 is 23.4 Å². The van der Waals surface area contributed by atoms with Crippen LogP contribution in [0.3, 0.4) is 0 Å². The van der Waals surface area contributed by atoms with Gasteiger partial charge in [0.2, 0.25) is 12.7 Å². The number of ether oxygens (including phenoxy) is 2. The van der Waals surface area contributed by atoms with Gasteiger partial charge >= 0.3 is 0 Å². The Morgan fingerprint density at radius 3 is 2.83 bits per heavy atom. The predicted molar refractivity (Wildman–Crippen MR) is 117 cm³/mol. The molecule has 0 bridgehead atoms. The van der Waals surface area contributed by atoms with Gasteiger partial charge in [-0.15, -0.1) is 10.2 Å². The number of amides is 1. The molecular formula is C22H24N4O3S. The van der Waals surface area contributed by atoms with Crippen LogP contribution < -0.4 is 14.8 Å². The molecule has 0 saturated heterocycles. The number of nitrogens with one attached hydrogen (secondary N) is 1. The number of thioether (sulfide) groups is 1. The third-order valence-electron chi connectivity index (χ3n) is 4.84. The van der Waals surface area contributed by atoms with Gasteiger partial charge in [-0.1, -0.05) is 43.8 Å². The van der Waals surface area contributed by atoms with Gasteiger partial charge in [0.1, 0.15) is 0 Å². The quantitative estimate of drug-likeness (QED) is 0.561. The highest BCUT2D eigenvalue weighted by Gasteiger charge is 2.23. The van der Waals surface area contributed by atoms with Gasteiger partial charge < -0.3 is 19.4 Å². The molecule has 156 valence electrons. The molecule has 0 radical (unpaired) electrons. The zero-order valence-electron chi connectivity index (χ0n) is 17.2.